The second kappa shape index (κ2) is 9.07. The molecule has 0 saturated carbocycles. The van der Waals surface area contributed by atoms with E-state index < -0.39 is 5.82 Å². The number of hydrogen-bond donors (Lipinski definition) is 2. The van der Waals surface area contributed by atoms with E-state index in [0.717, 1.165) is 26.0 Å². The van der Waals surface area contributed by atoms with E-state index >= 15 is 0 Å². The zero-order valence-corrected chi connectivity index (χ0v) is 12.4. The Balaban J connectivity index is 2.21. The van der Waals surface area contributed by atoms with Crippen LogP contribution in [0.1, 0.15) is 19.8 Å². The molecule has 0 heterocycles. The summed E-state index contributed by atoms with van der Waals surface area (Å²) in [7, 11) is 0. The molecule has 0 aliphatic carbocycles. The molecule has 0 spiro atoms. The topological polar surface area (TPSA) is 33.3 Å². The van der Waals surface area contributed by atoms with Gasteiger partial charge in [-0.15, -0.1) is 0 Å². The number of anilines is 1. The summed E-state index contributed by atoms with van der Waals surface area (Å²) in [5, 5.41) is 6.54. The standard InChI is InChI=1S/C13H18ClFN2OS/c1-2-7-18-8-3-6-16-13(19)17-10-4-5-12(15)11(14)9-10/h4-5,9H,2-3,6-8H2,1H3,(H2,16,17,19). The third-order valence-electron chi connectivity index (χ3n) is 2.28. The Labute approximate surface area is 123 Å². The predicted octanol–water partition coefficient (Wildman–Crippen LogP) is 3.58. The second-order valence-electron chi connectivity index (χ2n) is 3.98. The highest BCUT2D eigenvalue weighted by atomic mass is 35.5. The fraction of sp³-hybridized carbons (Fsp3) is 0.462. The highest BCUT2D eigenvalue weighted by Gasteiger charge is 2.02. The van der Waals surface area contributed by atoms with Gasteiger partial charge in [-0.1, -0.05) is 18.5 Å². The number of nitrogens with one attached hydrogen (secondary N) is 2. The molecule has 1 aromatic carbocycles. The van der Waals surface area contributed by atoms with Crippen LogP contribution in [0.15, 0.2) is 18.2 Å². The van der Waals surface area contributed by atoms with Gasteiger partial charge in [-0.05, 0) is 43.3 Å². The minimum Gasteiger partial charge on any atom is -0.381 e. The molecule has 6 heteroatoms. The van der Waals surface area contributed by atoms with Crippen molar-refractivity contribution in [3.8, 4) is 0 Å². The second-order valence-corrected chi connectivity index (χ2v) is 4.79. The molecule has 0 radical (unpaired) electrons. The van der Waals surface area contributed by atoms with Crippen LogP contribution in [-0.2, 0) is 4.74 Å². The monoisotopic (exact) mass is 304 g/mol. The van der Waals surface area contributed by atoms with Crippen molar-refractivity contribution in [1.82, 2.24) is 5.32 Å². The van der Waals surface area contributed by atoms with Gasteiger partial charge in [0.15, 0.2) is 5.11 Å². The van der Waals surface area contributed by atoms with Crippen LogP contribution in [0.25, 0.3) is 0 Å². The fourth-order valence-corrected chi connectivity index (χ4v) is 1.77. The number of benzene rings is 1. The average molecular weight is 305 g/mol. The van der Waals surface area contributed by atoms with Crippen LogP contribution in [0, 0.1) is 5.82 Å². The van der Waals surface area contributed by atoms with Crippen LogP contribution in [0.3, 0.4) is 0 Å². The van der Waals surface area contributed by atoms with Gasteiger partial charge in [-0.2, -0.15) is 0 Å². The van der Waals surface area contributed by atoms with Gasteiger partial charge < -0.3 is 15.4 Å². The highest BCUT2D eigenvalue weighted by Crippen LogP contribution is 2.19. The lowest BCUT2D eigenvalue weighted by Crippen LogP contribution is -2.29. The summed E-state index contributed by atoms with van der Waals surface area (Å²) in [5.74, 6) is -0.445. The lowest BCUT2D eigenvalue weighted by Gasteiger charge is -2.11. The quantitative estimate of drug-likeness (QED) is 0.596. The minimum absolute atomic E-state index is 0.0702. The Morgan fingerprint density at radius 1 is 1.42 bits per heavy atom. The smallest absolute Gasteiger partial charge is 0.170 e. The molecule has 19 heavy (non-hydrogen) atoms. The number of halogens is 2. The van der Waals surface area contributed by atoms with Crippen LogP contribution in [0.5, 0.6) is 0 Å². The number of rotatable bonds is 7. The maximum absolute atomic E-state index is 13.0. The van der Waals surface area contributed by atoms with Gasteiger partial charge in [0.1, 0.15) is 5.82 Å². The third-order valence-corrected chi connectivity index (χ3v) is 2.81. The van der Waals surface area contributed by atoms with Gasteiger partial charge in [0.25, 0.3) is 0 Å². The number of thiocarbonyl (C=S) groups is 1. The van der Waals surface area contributed by atoms with E-state index in [1.807, 2.05) is 0 Å². The first kappa shape index (κ1) is 16.1. The van der Waals surface area contributed by atoms with Crippen LogP contribution >= 0.6 is 23.8 Å². The van der Waals surface area contributed by atoms with Crippen LogP contribution < -0.4 is 10.6 Å². The molecule has 0 saturated heterocycles. The largest absolute Gasteiger partial charge is 0.381 e. The normalized spacial score (nSPS) is 10.3. The van der Waals surface area contributed by atoms with Crippen LogP contribution in [0.2, 0.25) is 5.02 Å². The van der Waals surface area contributed by atoms with E-state index in [9.17, 15) is 4.39 Å². The average Bonchev–Trinajstić information content (AvgIpc) is 2.38. The summed E-state index contributed by atoms with van der Waals surface area (Å²) in [6, 6.07) is 4.38. The van der Waals surface area contributed by atoms with Gasteiger partial charge in [-0.3, -0.25) is 0 Å². The Morgan fingerprint density at radius 2 is 2.21 bits per heavy atom. The Bertz CT molecular complexity index is 418. The van der Waals surface area contributed by atoms with Gasteiger partial charge >= 0.3 is 0 Å². The molecule has 3 nitrogen and oxygen atoms in total. The van der Waals surface area contributed by atoms with Crippen molar-refractivity contribution in [2.24, 2.45) is 0 Å². The van der Waals surface area contributed by atoms with Crippen LogP contribution in [0.4, 0.5) is 10.1 Å². The summed E-state index contributed by atoms with van der Waals surface area (Å²) in [5.41, 5.74) is 0.658. The van der Waals surface area contributed by atoms with Gasteiger partial charge in [-0.25, -0.2) is 4.39 Å². The molecular formula is C13H18ClFN2OS. The first-order chi connectivity index (χ1) is 9.13. The molecule has 1 rings (SSSR count). The maximum atomic E-state index is 13.0. The van der Waals surface area contributed by atoms with Gasteiger partial charge in [0, 0.05) is 25.4 Å². The minimum atomic E-state index is -0.445. The molecule has 0 amide bonds. The first-order valence-electron chi connectivity index (χ1n) is 6.21. The highest BCUT2D eigenvalue weighted by molar-refractivity contribution is 7.80. The van der Waals surface area contributed by atoms with E-state index in [2.05, 4.69) is 17.6 Å². The predicted molar refractivity (Wildman–Crippen MR) is 81.4 cm³/mol. The number of ether oxygens (including phenoxy) is 1. The molecule has 0 fully saturated rings. The number of hydrogen-bond acceptors (Lipinski definition) is 2. The molecule has 0 atom stereocenters. The van der Waals surface area contributed by atoms with Crippen molar-refractivity contribution in [2.45, 2.75) is 19.8 Å². The van der Waals surface area contributed by atoms with Crippen molar-refractivity contribution in [2.75, 3.05) is 25.1 Å². The fourth-order valence-electron chi connectivity index (χ4n) is 1.37. The van der Waals surface area contributed by atoms with E-state index in [0.29, 0.717) is 17.4 Å². The van der Waals surface area contributed by atoms with Crippen molar-refractivity contribution >= 4 is 34.6 Å². The van der Waals surface area contributed by atoms with E-state index in [1.165, 1.54) is 12.1 Å². The lowest BCUT2D eigenvalue weighted by molar-refractivity contribution is 0.133. The molecule has 0 aliphatic rings. The summed E-state index contributed by atoms with van der Waals surface area (Å²) in [6.07, 6.45) is 1.91. The molecule has 1 aromatic rings. The molecule has 0 aliphatic heterocycles. The van der Waals surface area contributed by atoms with Gasteiger partial charge in [0.2, 0.25) is 0 Å². The van der Waals surface area contributed by atoms with E-state index in [-0.39, 0.29) is 5.02 Å². The van der Waals surface area contributed by atoms with E-state index in [1.54, 1.807) is 6.07 Å². The summed E-state index contributed by atoms with van der Waals surface area (Å²) >= 11 is 10.8. The SMILES string of the molecule is CCCOCCCNC(=S)Nc1ccc(F)c(Cl)c1. The molecule has 0 bridgehead atoms. The molecule has 2 N–H and O–H groups in total. The molecule has 106 valence electrons. The van der Waals surface area contributed by atoms with Gasteiger partial charge in [0.05, 0.1) is 5.02 Å². The van der Waals surface area contributed by atoms with Crippen molar-refractivity contribution < 1.29 is 9.13 Å². The zero-order valence-electron chi connectivity index (χ0n) is 10.8. The lowest BCUT2D eigenvalue weighted by atomic mass is 10.3. The third kappa shape index (κ3) is 6.71. The summed E-state index contributed by atoms with van der Waals surface area (Å²) in [6.45, 7) is 4.30. The van der Waals surface area contributed by atoms with Crippen molar-refractivity contribution in [1.29, 1.82) is 0 Å². The molecule has 0 aromatic heterocycles. The first-order valence-corrected chi connectivity index (χ1v) is 6.99. The molecule has 0 unspecified atom stereocenters. The molecular weight excluding hydrogens is 287 g/mol. The Morgan fingerprint density at radius 3 is 2.89 bits per heavy atom. The summed E-state index contributed by atoms with van der Waals surface area (Å²) in [4.78, 5) is 0. The maximum Gasteiger partial charge on any atom is 0.170 e. The van der Waals surface area contributed by atoms with Crippen LogP contribution in [-0.4, -0.2) is 24.9 Å². The zero-order chi connectivity index (χ0) is 14.1. The van der Waals surface area contributed by atoms with E-state index in [4.69, 9.17) is 28.6 Å². The Kier molecular flexibility index (Phi) is 7.70. The van der Waals surface area contributed by atoms with Crippen molar-refractivity contribution in [3.05, 3.63) is 29.0 Å². The summed E-state index contributed by atoms with van der Waals surface area (Å²) < 4.78 is 18.3. The Hall–Kier alpha value is -0.910. The van der Waals surface area contributed by atoms with Crippen molar-refractivity contribution in [3.63, 3.8) is 0 Å².